The Morgan fingerprint density at radius 1 is 1.62 bits per heavy atom. The Kier molecular flexibility index (Phi) is 14.9. The van der Waals surface area contributed by atoms with Crippen molar-refractivity contribution in [3.8, 4) is 0 Å². The largest absolute Gasteiger partial charge is 1.00 e. The van der Waals surface area contributed by atoms with Gasteiger partial charge < -0.3 is 15.7 Å². The Morgan fingerprint density at radius 3 is 1.75 bits per heavy atom. The average Bonchev–Trinajstić information content (AvgIpc) is 1.35. The Labute approximate surface area is 92.0 Å². The van der Waals surface area contributed by atoms with Crippen LogP contribution in [0.15, 0.2) is 0 Å². The van der Waals surface area contributed by atoms with Crippen LogP contribution >= 0.6 is 7.82 Å². The van der Waals surface area contributed by atoms with Gasteiger partial charge in [0.05, 0.1) is 0 Å². The first kappa shape index (κ1) is 16.6. The number of hydrogen-bond acceptors (Lipinski definition) is 2. The molecule has 0 amide bonds. The fourth-order valence-electron chi connectivity index (χ4n) is 0. The zero-order chi connectivity index (χ0) is 5.21. The van der Waals surface area contributed by atoms with Gasteiger partial charge in [-0.2, -0.15) is 0 Å². The van der Waals surface area contributed by atoms with E-state index in [1.807, 2.05) is 0 Å². The van der Waals surface area contributed by atoms with Gasteiger partial charge >= 0.3 is 37.4 Å². The molecule has 0 aromatic carbocycles. The van der Waals surface area contributed by atoms with Crippen molar-refractivity contribution < 1.29 is 77.1 Å². The molecule has 0 rings (SSSR count). The summed E-state index contributed by atoms with van der Waals surface area (Å²) < 4.78 is 12.5. The van der Waals surface area contributed by atoms with Crippen molar-refractivity contribution in [2.24, 2.45) is 0 Å². The quantitative estimate of drug-likeness (QED) is 0.368. The Hall–Kier alpha value is 2.10. The molecule has 2 radical (unpaired) electrons. The van der Waals surface area contributed by atoms with Gasteiger partial charge in [-0.15, -0.1) is 0 Å². The van der Waals surface area contributed by atoms with Gasteiger partial charge in [0.2, 0.25) is 0 Å². The molecule has 4 nitrogen and oxygen atoms in total. The summed E-state index contributed by atoms with van der Waals surface area (Å²) in [5.41, 5.74) is 0. The van der Waals surface area contributed by atoms with Crippen LogP contribution in [0.1, 0.15) is 1.43 Å². The van der Waals surface area contributed by atoms with Crippen LogP contribution in [0.5, 0.6) is 0 Å². The van der Waals surface area contributed by atoms with Crippen LogP contribution in [0, 0.1) is 0 Å². The molecule has 8 heavy (non-hydrogen) atoms. The standard InChI is InChI=1S/BH2O4P.Cd.Na.H/c1-5-6(2,3)4;;;/h(H2,2,3,4);;;/q;;+1;-1. The summed E-state index contributed by atoms with van der Waals surface area (Å²) in [7, 11) is -0.326. The number of rotatable bonds is 1. The average molecular weight is 244 g/mol. The van der Waals surface area contributed by atoms with Crippen molar-refractivity contribution in [3.63, 3.8) is 0 Å². The van der Waals surface area contributed by atoms with Gasteiger partial charge in [-0.1, -0.05) is 0 Å². The normalized spacial score (nSPS) is 8.75. The zero-order valence-electron chi connectivity index (χ0n) is 5.44. The molecule has 0 aliphatic carbocycles. The van der Waals surface area contributed by atoms with Crippen molar-refractivity contribution in [1.29, 1.82) is 0 Å². The second kappa shape index (κ2) is 7.21. The molecular weight excluding hydrogens is 241 g/mol. The number of hydrogen-bond donors (Lipinski definition) is 2. The van der Waals surface area contributed by atoms with Crippen molar-refractivity contribution in [2.45, 2.75) is 0 Å². The minimum absolute atomic E-state index is 0. The van der Waals surface area contributed by atoms with E-state index in [2.05, 4.69) is 12.5 Å². The van der Waals surface area contributed by atoms with Gasteiger partial charge in [0, 0.05) is 27.3 Å². The molecule has 0 aliphatic heterocycles. The molecule has 0 spiro atoms. The van der Waals surface area contributed by atoms with Crippen molar-refractivity contribution in [3.05, 3.63) is 0 Å². The second-order valence-electron chi connectivity index (χ2n) is 0.596. The maximum absolute atomic E-state index is 9.35. The first-order chi connectivity index (χ1) is 2.56. The second-order valence-corrected chi connectivity index (χ2v) is 1.79. The molecule has 38 valence electrons. The van der Waals surface area contributed by atoms with Crippen molar-refractivity contribution >= 4 is 15.9 Å². The van der Waals surface area contributed by atoms with E-state index in [-0.39, 0.29) is 58.3 Å². The molecular formula is H3BCdNaO4P. The first-order valence-corrected chi connectivity index (χ1v) is 2.53. The third-order valence-electron chi connectivity index (χ3n) is 0.137. The van der Waals surface area contributed by atoms with E-state index in [1.54, 1.807) is 0 Å². The molecule has 0 unspecified atom stereocenters. The molecule has 0 fully saturated rings. The Morgan fingerprint density at radius 2 is 1.75 bits per heavy atom. The summed E-state index contributed by atoms with van der Waals surface area (Å²) in [6, 6.07) is 0. The first-order valence-electron chi connectivity index (χ1n) is 1.00. The smallest absolute Gasteiger partial charge is 1.00 e. The van der Waals surface area contributed by atoms with E-state index < -0.39 is 7.82 Å². The Bertz CT molecular complexity index is 84.6. The van der Waals surface area contributed by atoms with Crippen LogP contribution in [0.2, 0.25) is 0 Å². The third kappa shape index (κ3) is 15.7. The summed E-state index contributed by atoms with van der Waals surface area (Å²) in [4.78, 5) is 15.2. The monoisotopic (exact) mass is 246 g/mol. The molecule has 0 aromatic heterocycles. The molecule has 0 aliphatic rings. The summed E-state index contributed by atoms with van der Waals surface area (Å²) in [6.45, 7) is 0. The molecule has 2 N–H and O–H groups in total. The van der Waals surface area contributed by atoms with Crippen LogP contribution in [-0.2, 0) is 36.3 Å². The predicted octanol–water partition coefficient (Wildman–Crippen LogP) is -3.71. The van der Waals surface area contributed by atoms with E-state index in [0.717, 1.165) is 0 Å². The predicted molar refractivity (Wildman–Crippen MR) is 20.0 cm³/mol. The third-order valence-corrected chi connectivity index (χ3v) is 0.412. The summed E-state index contributed by atoms with van der Waals surface area (Å²) in [5, 5.41) is 0. The molecule has 0 aromatic rings. The minimum atomic E-state index is -4.37. The van der Waals surface area contributed by atoms with E-state index >= 15 is 0 Å². The molecule has 0 atom stereocenters. The van der Waals surface area contributed by atoms with Gasteiger partial charge in [-0.05, 0) is 0 Å². The van der Waals surface area contributed by atoms with Gasteiger partial charge in [-0.3, -0.25) is 0 Å². The van der Waals surface area contributed by atoms with Crippen LogP contribution < -0.4 is 29.6 Å². The van der Waals surface area contributed by atoms with Crippen LogP contribution in [0.3, 0.4) is 0 Å². The van der Waals surface area contributed by atoms with Crippen molar-refractivity contribution in [1.82, 2.24) is 0 Å². The molecule has 0 bridgehead atoms. The van der Waals surface area contributed by atoms with E-state index in [9.17, 15) is 4.57 Å². The van der Waals surface area contributed by atoms with Crippen molar-refractivity contribution in [2.75, 3.05) is 0 Å². The molecule has 8 heteroatoms. The molecule has 0 saturated carbocycles. The van der Waals surface area contributed by atoms with E-state index in [1.165, 1.54) is 0 Å². The van der Waals surface area contributed by atoms with Gasteiger partial charge in [0.15, 0.2) is 0 Å². The number of phosphoric acid groups is 1. The molecule has 0 heterocycles. The van der Waals surface area contributed by atoms with Crippen LogP contribution in [-0.4, -0.2) is 17.8 Å². The van der Waals surface area contributed by atoms with Gasteiger partial charge in [0.25, 0.3) is 8.05 Å². The fourth-order valence-corrected chi connectivity index (χ4v) is 0. The maximum Gasteiger partial charge on any atom is 1.00 e. The SMILES string of the molecule is [B]OP(=O)(O)O.[Cd].[H-].[Na+]. The summed E-state index contributed by atoms with van der Waals surface area (Å²) in [6.07, 6.45) is 0. The minimum Gasteiger partial charge on any atom is -1.00 e. The topological polar surface area (TPSA) is 66.8 Å². The van der Waals surface area contributed by atoms with Gasteiger partial charge in [-0.25, -0.2) is 4.57 Å². The fraction of sp³-hybridized carbons (Fsp3) is 0. The van der Waals surface area contributed by atoms with Gasteiger partial charge in [0.1, 0.15) is 0 Å². The van der Waals surface area contributed by atoms with E-state index in [4.69, 9.17) is 9.79 Å². The van der Waals surface area contributed by atoms with E-state index in [0.29, 0.717) is 0 Å². The Balaban J connectivity index is -0.0000000417. The zero-order valence-corrected chi connectivity index (χ0v) is 11.4. The maximum atomic E-state index is 9.35. The summed E-state index contributed by atoms with van der Waals surface area (Å²) >= 11 is 0. The van der Waals surface area contributed by atoms with Crippen LogP contribution in [0.4, 0.5) is 0 Å². The van der Waals surface area contributed by atoms with Crippen LogP contribution in [0.25, 0.3) is 0 Å². The molecule has 0 saturated heterocycles. The summed E-state index contributed by atoms with van der Waals surface area (Å²) in [5.74, 6) is 0.